The zero-order valence-corrected chi connectivity index (χ0v) is 7.62. The molecule has 1 heterocycles. The van der Waals surface area contributed by atoms with E-state index in [9.17, 15) is 0 Å². The second-order valence-corrected chi connectivity index (χ2v) is 3.05. The molecule has 0 aliphatic carbocycles. The molecule has 64 valence electrons. The molecule has 0 saturated carbocycles. The zero-order valence-electron chi connectivity index (χ0n) is 7.62. The van der Waals surface area contributed by atoms with Crippen LogP contribution in [-0.4, -0.2) is 4.57 Å². The van der Waals surface area contributed by atoms with Crippen LogP contribution in [0.5, 0.6) is 0 Å². The normalized spacial score (nSPS) is 12.4. The molecule has 0 amide bonds. The summed E-state index contributed by atoms with van der Waals surface area (Å²) < 4.78 is 2.03. The SMILES string of the molecule is CCCC(C)n1cccc1C#N. The Kier molecular flexibility index (Phi) is 2.93. The second-order valence-electron chi connectivity index (χ2n) is 3.05. The van der Waals surface area contributed by atoms with Crippen LogP contribution in [0, 0.1) is 11.3 Å². The fourth-order valence-electron chi connectivity index (χ4n) is 1.43. The molecule has 0 spiro atoms. The summed E-state index contributed by atoms with van der Waals surface area (Å²) in [5.41, 5.74) is 0.760. The van der Waals surface area contributed by atoms with Crippen LogP contribution in [0.1, 0.15) is 38.4 Å². The monoisotopic (exact) mass is 162 g/mol. The van der Waals surface area contributed by atoms with Crippen molar-refractivity contribution in [2.75, 3.05) is 0 Å². The Labute approximate surface area is 73.4 Å². The van der Waals surface area contributed by atoms with Crippen molar-refractivity contribution >= 4 is 0 Å². The van der Waals surface area contributed by atoms with E-state index in [-0.39, 0.29) is 0 Å². The van der Waals surface area contributed by atoms with Crippen molar-refractivity contribution in [3.63, 3.8) is 0 Å². The van der Waals surface area contributed by atoms with E-state index in [2.05, 4.69) is 19.9 Å². The van der Waals surface area contributed by atoms with E-state index in [1.807, 2.05) is 22.9 Å². The lowest BCUT2D eigenvalue weighted by Gasteiger charge is -2.13. The molecule has 2 heteroatoms. The molecule has 0 fully saturated rings. The first kappa shape index (κ1) is 8.86. The molecule has 1 rings (SSSR count). The van der Waals surface area contributed by atoms with Crippen LogP contribution in [0.15, 0.2) is 18.3 Å². The maximum Gasteiger partial charge on any atom is 0.120 e. The van der Waals surface area contributed by atoms with Crippen molar-refractivity contribution in [2.24, 2.45) is 0 Å². The molecule has 1 aromatic rings. The van der Waals surface area contributed by atoms with Gasteiger partial charge in [0.2, 0.25) is 0 Å². The van der Waals surface area contributed by atoms with Gasteiger partial charge < -0.3 is 4.57 Å². The van der Waals surface area contributed by atoms with Gasteiger partial charge in [-0.1, -0.05) is 13.3 Å². The van der Waals surface area contributed by atoms with Crippen LogP contribution in [-0.2, 0) is 0 Å². The van der Waals surface area contributed by atoms with Gasteiger partial charge in [0.25, 0.3) is 0 Å². The molecule has 12 heavy (non-hydrogen) atoms. The van der Waals surface area contributed by atoms with Gasteiger partial charge in [-0.2, -0.15) is 5.26 Å². The maximum atomic E-state index is 8.75. The molecule has 0 saturated heterocycles. The molecule has 0 aromatic carbocycles. The highest BCUT2D eigenvalue weighted by Crippen LogP contribution is 2.15. The van der Waals surface area contributed by atoms with Gasteiger partial charge in [0.05, 0.1) is 0 Å². The van der Waals surface area contributed by atoms with Crippen LogP contribution < -0.4 is 0 Å². The second kappa shape index (κ2) is 3.96. The molecule has 2 nitrogen and oxygen atoms in total. The van der Waals surface area contributed by atoms with Crippen molar-refractivity contribution in [1.82, 2.24) is 4.57 Å². The molecule has 0 aliphatic rings. The zero-order chi connectivity index (χ0) is 8.97. The summed E-state index contributed by atoms with van der Waals surface area (Å²) in [4.78, 5) is 0. The average Bonchev–Trinajstić information content (AvgIpc) is 2.51. The van der Waals surface area contributed by atoms with Gasteiger partial charge in [0.15, 0.2) is 0 Å². The van der Waals surface area contributed by atoms with Crippen LogP contribution >= 0.6 is 0 Å². The highest BCUT2D eigenvalue weighted by atomic mass is 15.0. The first-order valence-corrected chi connectivity index (χ1v) is 4.36. The molecule has 0 bridgehead atoms. The van der Waals surface area contributed by atoms with Crippen molar-refractivity contribution in [2.45, 2.75) is 32.7 Å². The minimum Gasteiger partial charge on any atom is -0.337 e. The van der Waals surface area contributed by atoms with Gasteiger partial charge in [0, 0.05) is 12.2 Å². The third kappa shape index (κ3) is 1.68. The molecule has 0 N–H and O–H groups in total. The number of nitriles is 1. The predicted octanol–water partition coefficient (Wildman–Crippen LogP) is 2.72. The first-order chi connectivity index (χ1) is 5.79. The molecule has 0 aliphatic heterocycles. The number of rotatable bonds is 3. The minimum absolute atomic E-state index is 0.444. The van der Waals surface area contributed by atoms with E-state index in [1.54, 1.807) is 0 Å². The van der Waals surface area contributed by atoms with Gasteiger partial charge in [0.1, 0.15) is 11.8 Å². The average molecular weight is 162 g/mol. The summed E-state index contributed by atoms with van der Waals surface area (Å²) >= 11 is 0. The van der Waals surface area contributed by atoms with Crippen molar-refractivity contribution < 1.29 is 0 Å². The smallest absolute Gasteiger partial charge is 0.120 e. The van der Waals surface area contributed by atoms with Crippen molar-refractivity contribution in [3.05, 3.63) is 24.0 Å². The summed E-state index contributed by atoms with van der Waals surface area (Å²) in [6.07, 6.45) is 4.26. The predicted molar refractivity (Wildman–Crippen MR) is 48.8 cm³/mol. The largest absolute Gasteiger partial charge is 0.337 e. The van der Waals surface area contributed by atoms with E-state index < -0.39 is 0 Å². The first-order valence-electron chi connectivity index (χ1n) is 4.36. The maximum absolute atomic E-state index is 8.75. The van der Waals surface area contributed by atoms with E-state index in [1.165, 1.54) is 0 Å². The van der Waals surface area contributed by atoms with E-state index >= 15 is 0 Å². The lowest BCUT2D eigenvalue weighted by molar-refractivity contribution is 0.499. The van der Waals surface area contributed by atoms with Crippen LogP contribution in [0.4, 0.5) is 0 Å². The molecule has 1 atom stereocenters. The van der Waals surface area contributed by atoms with Crippen LogP contribution in [0.2, 0.25) is 0 Å². The standard InChI is InChI=1S/C10H14N2/c1-3-5-9(2)12-7-4-6-10(12)8-11/h4,6-7,9H,3,5H2,1-2H3. The molecule has 1 unspecified atom stereocenters. The summed E-state index contributed by atoms with van der Waals surface area (Å²) in [7, 11) is 0. The van der Waals surface area contributed by atoms with Gasteiger partial charge in [-0.25, -0.2) is 0 Å². The van der Waals surface area contributed by atoms with E-state index in [4.69, 9.17) is 5.26 Å². The highest BCUT2D eigenvalue weighted by molar-refractivity contribution is 5.22. The summed E-state index contributed by atoms with van der Waals surface area (Å²) in [5, 5.41) is 8.75. The fraction of sp³-hybridized carbons (Fsp3) is 0.500. The Hall–Kier alpha value is -1.23. The van der Waals surface area contributed by atoms with Gasteiger partial charge in [-0.15, -0.1) is 0 Å². The van der Waals surface area contributed by atoms with E-state index in [0.717, 1.165) is 18.5 Å². The Morgan fingerprint density at radius 3 is 3.00 bits per heavy atom. The number of nitrogens with zero attached hydrogens (tertiary/aromatic N) is 2. The number of hydrogen-bond acceptors (Lipinski definition) is 1. The molecule has 0 radical (unpaired) electrons. The Morgan fingerprint density at radius 1 is 1.67 bits per heavy atom. The molecule has 1 aromatic heterocycles. The lowest BCUT2D eigenvalue weighted by atomic mass is 10.2. The number of hydrogen-bond donors (Lipinski definition) is 0. The third-order valence-electron chi connectivity index (χ3n) is 2.07. The Morgan fingerprint density at radius 2 is 2.42 bits per heavy atom. The topological polar surface area (TPSA) is 28.7 Å². The van der Waals surface area contributed by atoms with Crippen molar-refractivity contribution in [3.8, 4) is 6.07 Å². The third-order valence-corrected chi connectivity index (χ3v) is 2.07. The summed E-state index contributed by atoms with van der Waals surface area (Å²) in [6, 6.07) is 6.40. The van der Waals surface area contributed by atoms with Gasteiger partial charge in [-0.3, -0.25) is 0 Å². The Balaban J connectivity index is 2.80. The molecular weight excluding hydrogens is 148 g/mol. The molecular formula is C10H14N2. The summed E-state index contributed by atoms with van der Waals surface area (Å²) in [6.45, 7) is 4.30. The fourth-order valence-corrected chi connectivity index (χ4v) is 1.43. The van der Waals surface area contributed by atoms with Crippen LogP contribution in [0.3, 0.4) is 0 Å². The lowest BCUT2D eigenvalue weighted by Crippen LogP contribution is -2.05. The quantitative estimate of drug-likeness (QED) is 0.671. The van der Waals surface area contributed by atoms with Gasteiger partial charge in [-0.05, 0) is 25.5 Å². The van der Waals surface area contributed by atoms with E-state index in [0.29, 0.717) is 6.04 Å². The van der Waals surface area contributed by atoms with Gasteiger partial charge >= 0.3 is 0 Å². The minimum atomic E-state index is 0.444. The number of aromatic nitrogens is 1. The van der Waals surface area contributed by atoms with Crippen molar-refractivity contribution in [1.29, 1.82) is 5.26 Å². The Bertz CT molecular complexity index is 280. The summed E-state index contributed by atoms with van der Waals surface area (Å²) in [5.74, 6) is 0. The highest BCUT2D eigenvalue weighted by Gasteiger charge is 2.05. The van der Waals surface area contributed by atoms with Crippen LogP contribution in [0.25, 0.3) is 0 Å².